The predicted molar refractivity (Wildman–Crippen MR) is 58.5 cm³/mol. The third kappa shape index (κ3) is 2.09. The van der Waals surface area contributed by atoms with Crippen molar-refractivity contribution in [1.82, 2.24) is 9.97 Å². The quantitative estimate of drug-likeness (QED) is 0.791. The van der Waals surface area contributed by atoms with Crippen LogP contribution in [0.15, 0.2) is 12.4 Å². The van der Waals surface area contributed by atoms with Gasteiger partial charge in [-0.05, 0) is 19.3 Å². The Labute approximate surface area is 90.0 Å². The Kier molecular flexibility index (Phi) is 2.86. The van der Waals surface area contributed by atoms with Gasteiger partial charge in [0.25, 0.3) is 0 Å². The summed E-state index contributed by atoms with van der Waals surface area (Å²) in [6.07, 6.45) is 4.61. The minimum absolute atomic E-state index is 0.0424. The molecule has 2 rings (SSSR count). The summed E-state index contributed by atoms with van der Waals surface area (Å²) in [6, 6.07) is 0.536. The number of hydrogen-bond donors (Lipinski definition) is 1. The van der Waals surface area contributed by atoms with E-state index >= 15 is 0 Å². The number of anilines is 1. The highest BCUT2D eigenvalue weighted by molar-refractivity contribution is 5.38. The molecule has 0 aromatic carbocycles. The van der Waals surface area contributed by atoms with Gasteiger partial charge in [-0.15, -0.1) is 0 Å². The molecule has 1 fully saturated rings. The van der Waals surface area contributed by atoms with Crippen molar-refractivity contribution >= 4 is 5.82 Å². The molecule has 0 saturated carbocycles. The predicted octanol–water partition coefficient (Wildman–Crippen LogP) is 1.20. The number of nitrogens with zero attached hydrogens (tertiary/aromatic N) is 3. The maximum Gasteiger partial charge on any atom is 0.147 e. The van der Waals surface area contributed by atoms with Crippen molar-refractivity contribution in [1.29, 1.82) is 0 Å². The molecular formula is C11H17N3O. The van der Waals surface area contributed by atoms with Gasteiger partial charge in [0.05, 0.1) is 24.7 Å². The molecule has 2 atom stereocenters. The van der Waals surface area contributed by atoms with Crippen molar-refractivity contribution < 1.29 is 5.11 Å². The fourth-order valence-electron chi connectivity index (χ4n) is 2.20. The second-order valence-electron chi connectivity index (χ2n) is 4.37. The molecule has 2 heterocycles. The number of hydrogen-bond acceptors (Lipinski definition) is 4. The summed E-state index contributed by atoms with van der Waals surface area (Å²) in [6.45, 7) is 5.48. The van der Waals surface area contributed by atoms with E-state index in [1.807, 2.05) is 0 Å². The fraction of sp³-hybridized carbons (Fsp3) is 0.636. The van der Waals surface area contributed by atoms with Crippen LogP contribution in [0.4, 0.5) is 5.82 Å². The number of aliphatic hydroxyl groups is 1. The van der Waals surface area contributed by atoms with Crippen LogP contribution in [0.1, 0.15) is 26.0 Å². The first-order valence-corrected chi connectivity index (χ1v) is 5.39. The largest absolute Gasteiger partial charge is 0.390 e. The molecule has 2 unspecified atom stereocenters. The van der Waals surface area contributed by atoms with Crippen LogP contribution in [0.25, 0.3) is 0 Å². The second-order valence-corrected chi connectivity index (χ2v) is 4.37. The molecular weight excluding hydrogens is 190 g/mol. The Hall–Kier alpha value is -1.16. The Morgan fingerprint density at radius 2 is 2.20 bits per heavy atom. The lowest BCUT2D eigenvalue weighted by molar-refractivity contribution is 0.276. The van der Waals surface area contributed by atoms with Crippen molar-refractivity contribution in [3.8, 4) is 0 Å². The molecule has 0 spiro atoms. The summed E-state index contributed by atoms with van der Waals surface area (Å²) in [5.74, 6) is 1.64. The maximum atomic E-state index is 8.87. The number of aliphatic hydroxyl groups excluding tert-OH is 1. The van der Waals surface area contributed by atoms with Gasteiger partial charge in [0, 0.05) is 12.6 Å². The lowest BCUT2D eigenvalue weighted by Gasteiger charge is -2.22. The van der Waals surface area contributed by atoms with Crippen molar-refractivity contribution in [3.63, 3.8) is 0 Å². The van der Waals surface area contributed by atoms with Gasteiger partial charge in [-0.25, -0.2) is 4.98 Å². The first-order valence-electron chi connectivity index (χ1n) is 5.39. The molecule has 1 aromatic rings. The van der Waals surface area contributed by atoms with Gasteiger partial charge in [-0.1, -0.05) is 6.92 Å². The summed E-state index contributed by atoms with van der Waals surface area (Å²) in [7, 11) is 0. The first kappa shape index (κ1) is 10.4. The van der Waals surface area contributed by atoms with Crippen LogP contribution in [-0.4, -0.2) is 27.7 Å². The molecule has 0 aliphatic carbocycles. The maximum absolute atomic E-state index is 8.87. The van der Waals surface area contributed by atoms with Crippen LogP contribution in [0.3, 0.4) is 0 Å². The molecule has 4 heteroatoms. The average molecular weight is 207 g/mol. The Bertz CT molecular complexity index is 325. The first-order chi connectivity index (χ1) is 7.20. The topological polar surface area (TPSA) is 49.2 Å². The van der Waals surface area contributed by atoms with Gasteiger partial charge in [-0.3, -0.25) is 4.98 Å². The van der Waals surface area contributed by atoms with Crippen molar-refractivity contribution in [2.75, 3.05) is 11.4 Å². The summed E-state index contributed by atoms with van der Waals surface area (Å²) >= 11 is 0. The van der Waals surface area contributed by atoms with Gasteiger partial charge in [0.15, 0.2) is 0 Å². The smallest absolute Gasteiger partial charge is 0.147 e. The Morgan fingerprint density at radius 3 is 2.67 bits per heavy atom. The van der Waals surface area contributed by atoms with E-state index in [-0.39, 0.29) is 6.61 Å². The van der Waals surface area contributed by atoms with Gasteiger partial charge in [0.2, 0.25) is 0 Å². The van der Waals surface area contributed by atoms with E-state index in [2.05, 4.69) is 28.7 Å². The molecule has 1 N–H and O–H groups in total. The summed E-state index contributed by atoms with van der Waals surface area (Å²) in [5, 5.41) is 8.87. The van der Waals surface area contributed by atoms with E-state index in [0.29, 0.717) is 11.7 Å². The van der Waals surface area contributed by atoms with E-state index in [0.717, 1.165) is 18.3 Å². The van der Waals surface area contributed by atoms with Gasteiger partial charge < -0.3 is 10.0 Å². The molecule has 0 radical (unpaired) electrons. The zero-order valence-electron chi connectivity index (χ0n) is 9.22. The number of rotatable bonds is 2. The minimum atomic E-state index is -0.0424. The van der Waals surface area contributed by atoms with E-state index < -0.39 is 0 Å². The van der Waals surface area contributed by atoms with E-state index in [9.17, 15) is 0 Å². The van der Waals surface area contributed by atoms with Gasteiger partial charge in [0.1, 0.15) is 5.82 Å². The SMILES string of the molecule is CC1CC(C)N(c2cnc(CO)cn2)C1. The summed E-state index contributed by atoms with van der Waals surface area (Å²) < 4.78 is 0. The fourth-order valence-corrected chi connectivity index (χ4v) is 2.20. The van der Waals surface area contributed by atoms with E-state index in [1.54, 1.807) is 12.4 Å². The standard InChI is InChI=1S/C11H17N3O/c1-8-3-9(2)14(6-8)11-5-12-10(7-15)4-13-11/h4-5,8-9,15H,3,6-7H2,1-2H3. The normalized spacial score (nSPS) is 25.9. The van der Waals surface area contributed by atoms with Crippen LogP contribution < -0.4 is 4.90 Å². The number of aromatic nitrogens is 2. The highest BCUT2D eigenvalue weighted by Crippen LogP contribution is 2.26. The highest BCUT2D eigenvalue weighted by atomic mass is 16.3. The van der Waals surface area contributed by atoms with Gasteiger partial charge in [-0.2, -0.15) is 0 Å². The zero-order valence-corrected chi connectivity index (χ0v) is 9.22. The summed E-state index contributed by atoms with van der Waals surface area (Å²) in [5.41, 5.74) is 0.624. The van der Waals surface area contributed by atoms with Crippen LogP contribution in [0, 0.1) is 5.92 Å². The molecule has 15 heavy (non-hydrogen) atoms. The minimum Gasteiger partial charge on any atom is -0.390 e. The Morgan fingerprint density at radius 1 is 1.40 bits per heavy atom. The van der Waals surface area contributed by atoms with Crippen LogP contribution in [-0.2, 0) is 6.61 Å². The molecule has 0 amide bonds. The highest BCUT2D eigenvalue weighted by Gasteiger charge is 2.26. The third-order valence-corrected chi connectivity index (χ3v) is 2.93. The Balaban J connectivity index is 2.15. The second kappa shape index (κ2) is 4.14. The van der Waals surface area contributed by atoms with Crippen molar-refractivity contribution in [2.24, 2.45) is 5.92 Å². The lowest BCUT2D eigenvalue weighted by Crippen LogP contribution is -2.27. The summed E-state index contributed by atoms with van der Waals surface area (Å²) in [4.78, 5) is 10.7. The van der Waals surface area contributed by atoms with Crippen molar-refractivity contribution in [3.05, 3.63) is 18.1 Å². The lowest BCUT2D eigenvalue weighted by atomic mass is 10.1. The zero-order chi connectivity index (χ0) is 10.8. The molecule has 4 nitrogen and oxygen atoms in total. The monoisotopic (exact) mass is 207 g/mol. The van der Waals surface area contributed by atoms with Crippen molar-refractivity contribution in [2.45, 2.75) is 32.9 Å². The van der Waals surface area contributed by atoms with Crippen LogP contribution in [0.5, 0.6) is 0 Å². The molecule has 1 aromatic heterocycles. The van der Waals surface area contributed by atoms with Crippen LogP contribution in [0.2, 0.25) is 0 Å². The molecule has 82 valence electrons. The molecule has 1 saturated heterocycles. The average Bonchev–Trinajstić information content (AvgIpc) is 2.58. The molecule has 0 bridgehead atoms. The van der Waals surface area contributed by atoms with E-state index in [4.69, 9.17) is 5.11 Å². The van der Waals surface area contributed by atoms with E-state index in [1.165, 1.54) is 6.42 Å². The third-order valence-electron chi connectivity index (χ3n) is 2.93. The molecule has 1 aliphatic heterocycles. The molecule has 1 aliphatic rings. The van der Waals surface area contributed by atoms with Crippen LogP contribution >= 0.6 is 0 Å². The van der Waals surface area contributed by atoms with Gasteiger partial charge >= 0.3 is 0 Å².